The van der Waals surface area contributed by atoms with Crippen LogP contribution in [-0.2, 0) is 0 Å². The van der Waals surface area contributed by atoms with Gasteiger partial charge in [-0.05, 0) is 28.1 Å². The van der Waals surface area contributed by atoms with Gasteiger partial charge in [0.05, 0.1) is 17.1 Å². The summed E-state index contributed by atoms with van der Waals surface area (Å²) in [6.07, 6.45) is 2.51. The summed E-state index contributed by atoms with van der Waals surface area (Å²) in [5.41, 5.74) is 1.54. The first-order valence-corrected chi connectivity index (χ1v) is 4.86. The fourth-order valence-corrected chi connectivity index (χ4v) is 2.04. The van der Waals surface area contributed by atoms with Crippen LogP contribution < -0.4 is 4.74 Å². The zero-order valence-electron chi connectivity index (χ0n) is 7.50. The number of fused-ring (bicyclic) bond motifs is 1. The SMILES string of the molecule is COc1ccc2c(C=O)c[nH]c2c1Br. The molecule has 0 fully saturated rings. The normalized spacial score (nSPS) is 10.4. The molecule has 0 unspecified atom stereocenters. The third kappa shape index (κ3) is 1.23. The average molecular weight is 254 g/mol. The number of aromatic amines is 1. The molecule has 4 heteroatoms. The highest BCUT2D eigenvalue weighted by molar-refractivity contribution is 9.10. The molecule has 0 aliphatic heterocycles. The van der Waals surface area contributed by atoms with Crippen molar-refractivity contribution in [3.63, 3.8) is 0 Å². The van der Waals surface area contributed by atoms with Gasteiger partial charge in [0, 0.05) is 17.1 Å². The Morgan fingerprint density at radius 2 is 2.29 bits per heavy atom. The number of hydrogen-bond acceptors (Lipinski definition) is 2. The summed E-state index contributed by atoms with van der Waals surface area (Å²) in [5, 5.41) is 0.896. The summed E-state index contributed by atoms with van der Waals surface area (Å²) in [7, 11) is 1.61. The third-order valence-electron chi connectivity index (χ3n) is 2.14. The first kappa shape index (κ1) is 9.27. The molecule has 0 spiro atoms. The van der Waals surface area contributed by atoms with Crippen LogP contribution in [0.25, 0.3) is 10.9 Å². The zero-order chi connectivity index (χ0) is 10.1. The van der Waals surface area contributed by atoms with Crippen LogP contribution >= 0.6 is 15.9 Å². The van der Waals surface area contributed by atoms with E-state index in [2.05, 4.69) is 20.9 Å². The number of carbonyl (C=O) groups excluding carboxylic acids is 1. The van der Waals surface area contributed by atoms with E-state index in [-0.39, 0.29) is 0 Å². The van der Waals surface area contributed by atoms with Crippen LogP contribution in [-0.4, -0.2) is 18.4 Å². The molecule has 3 nitrogen and oxygen atoms in total. The van der Waals surface area contributed by atoms with Gasteiger partial charge in [-0.25, -0.2) is 0 Å². The van der Waals surface area contributed by atoms with Crippen molar-refractivity contribution in [2.45, 2.75) is 0 Å². The van der Waals surface area contributed by atoms with Gasteiger partial charge in [0.25, 0.3) is 0 Å². The molecule has 1 heterocycles. The standard InChI is InChI=1S/C10H8BrNO2/c1-14-8-3-2-7-6(5-13)4-12-10(7)9(8)11/h2-5,12H,1H3. The number of carbonyl (C=O) groups is 1. The number of H-pyrrole nitrogens is 1. The van der Waals surface area contributed by atoms with E-state index in [1.165, 1.54) is 0 Å². The van der Waals surface area contributed by atoms with Gasteiger partial charge in [-0.1, -0.05) is 0 Å². The van der Waals surface area contributed by atoms with Crippen molar-refractivity contribution >= 4 is 33.1 Å². The van der Waals surface area contributed by atoms with Gasteiger partial charge in [-0.15, -0.1) is 0 Å². The highest BCUT2D eigenvalue weighted by Crippen LogP contribution is 2.33. The number of benzene rings is 1. The highest BCUT2D eigenvalue weighted by atomic mass is 79.9. The Balaban J connectivity index is 2.78. The minimum Gasteiger partial charge on any atom is -0.495 e. The van der Waals surface area contributed by atoms with E-state index < -0.39 is 0 Å². The van der Waals surface area contributed by atoms with Gasteiger partial charge < -0.3 is 9.72 Å². The molecule has 0 saturated heterocycles. The molecule has 72 valence electrons. The molecular weight excluding hydrogens is 246 g/mol. The Labute approximate surface area is 89.2 Å². The first-order valence-electron chi connectivity index (χ1n) is 4.06. The molecule has 0 atom stereocenters. The number of rotatable bonds is 2. The second kappa shape index (κ2) is 3.46. The highest BCUT2D eigenvalue weighted by Gasteiger charge is 2.09. The maximum absolute atomic E-state index is 10.7. The van der Waals surface area contributed by atoms with Crippen LogP contribution in [0.5, 0.6) is 5.75 Å². The summed E-state index contributed by atoms with van der Waals surface area (Å²) in [5.74, 6) is 0.747. The average Bonchev–Trinajstić information content (AvgIpc) is 2.62. The van der Waals surface area contributed by atoms with Gasteiger partial charge in [0.1, 0.15) is 5.75 Å². The lowest BCUT2D eigenvalue weighted by atomic mass is 10.2. The predicted octanol–water partition coefficient (Wildman–Crippen LogP) is 2.75. The van der Waals surface area contributed by atoms with Crippen LogP contribution in [0.15, 0.2) is 22.8 Å². The lowest BCUT2D eigenvalue weighted by molar-refractivity contribution is 0.112. The number of hydrogen-bond donors (Lipinski definition) is 1. The Hall–Kier alpha value is -1.29. The summed E-state index contributed by atoms with van der Waals surface area (Å²) < 4.78 is 5.98. The molecule has 0 saturated carbocycles. The number of methoxy groups -OCH3 is 1. The van der Waals surface area contributed by atoms with Crippen LogP contribution in [0.4, 0.5) is 0 Å². The van der Waals surface area contributed by atoms with Crippen molar-refractivity contribution in [3.8, 4) is 5.75 Å². The maximum atomic E-state index is 10.7. The molecular formula is C10H8BrNO2. The fourth-order valence-electron chi connectivity index (χ4n) is 1.42. The van der Waals surface area contributed by atoms with E-state index in [1.54, 1.807) is 13.3 Å². The molecule has 0 aliphatic carbocycles. The summed E-state index contributed by atoms with van der Waals surface area (Å²) in [6.45, 7) is 0. The quantitative estimate of drug-likeness (QED) is 0.837. The second-order valence-electron chi connectivity index (χ2n) is 2.87. The van der Waals surface area contributed by atoms with Gasteiger partial charge >= 0.3 is 0 Å². The third-order valence-corrected chi connectivity index (χ3v) is 2.92. The second-order valence-corrected chi connectivity index (χ2v) is 3.66. The fraction of sp³-hybridized carbons (Fsp3) is 0.100. The zero-order valence-corrected chi connectivity index (χ0v) is 9.09. The first-order chi connectivity index (χ1) is 6.77. The molecule has 0 bridgehead atoms. The number of aldehydes is 1. The molecule has 1 N–H and O–H groups in total. The van der Waals surface area contributed by atoms with Gasteiger partial charge in [-0.3, -0.25) is 4.79 Å². The van der Waals surface area contributed by atoms with Crippen molar-refractivity contribution < 1.29 is 9.53 Å². The maximum Gasteiger partial charge on any atom is 0.152 e. The van der Waals surface area contributed by atoms with Crippen molar-refractivity contribution in [2.75, 3.05) is 7.11 Å². The Bertz CT molecular complexity index is 490. The Kier molecular flexibility index (Phi) is 2.29. The van der Waals surface area contributed by atoms with Crippen LogP contribution in [0, 0.1) is 0 Å². The van der Waals surface area contributed by atoms with Crippen molar-refractivity contribution in [1.82, 2.24) is 4.98 Å². The van der Waals surface area contributed by atoms with Gasteiger partial charge in [-0.2, -0.15) is 0 Å². The minimum absolute atomic E-state index is 0.656. The van der Waals surface area contributed by atoms with E-state index in [0.29, 0.717) is 5.56 Å². The topological polar surface area (TPSA) is 42.1 Å². The van der Waals surface area contributed by atoms with E-state index >= 15 is 0 Å². The van der Waals surface area contributed by atoms with Crippen LogP contribution in [0.3, 0.4) is 0 Å². The summed E-state index contributed by atoms with van der Waals surface area (Å²) in [4.78, 5) is 13.7. The van der Waals surface area contributed by atoms with E-state index in [4.69, 9.17) is 4.74 Å². The molecule has 2 rings (SSSR count). The summed E-state index contributed by atoms with van der Waals surface area (Å²) >= 11 is 3.41. The number of nitrogens with one attached hydrogen (secondary N) is 1. The molecule has 1 aromatic heterocycles. The summed E-state index contributed by atoms with van der Waals surface area (Å²) in [6, 6.07) is 3.69. The monoisotopic (exact) mass is 253 g/mol. The Morgan fingerprint density at radius 3 is 2.93 bits per heavy atom. The van der Waals surface area contributed by atoms with Gasteiger partial charge in [0.2, 0.25) is 0 Å². The molecule has 2 aromatic rings. The largest absolute Gasteiger partial charge is 0.495 e. The number of aromatic nitrogens is 1. The Morgan fingerprint density at radius 1 is 1.50 bits per heavy atom. The van der Waals surface area contributed by atoms with Gasteiger partial charge in [0.15, 0.2) is 6.29 Å². The van der Waals surface area contributed by atoms with Crippen molar-refractivity contribution in [3.05, 3.63) is 28.4 Å². The number of halogens is 1. The predicted molar refractivity (Wildman–Crippen MR) is 57.9 cm³/mol. The molecule has 14 heavy (non-hydrogen) atoms. The van der Waals surface area contributed by atoms with Crippen LogP contribution in [0.2, 0.25) is 0 Å². The molecule has 1 aromatic carbocycles. The lowest BCUT2D eigenvalue weighted by Gasteiger charge is -2.03. The van der Waals surface area contributed by atoms with E-state index in [0.717, 1.165) is 27.4 Å². The van der Waals surface area contributed by atoms with E-state index in [1.807, 2.05) is 12.1 Å². The van der Waals surface area contributed by atoms with E-state index in [9.17, 15) is 4.79 Å². The molecule has 0 amide bonds. The van der Waals surface area contributed by atoms with Crippen molar-refractivity contribution in [2.24, 2.45) is 0 Å². The lowest BCUT2D eigenvalue weighted by Crippen LogP contribution is -1.85. The molecule has 0 aliphatic rings. The van der Waals surface area contributed by atoms with Crippen molar-refractivity contribution in [1.29, 1.82) is 0 Å². The minimum atomic E-state index is 0.656. The van der Waals surface area contributed by atoms with Crippen LogP contribution in [0.1, 0.15) is 10.4 Å². The molecule has 0 radical (unpaired) electrons. The number of ether oxygens (including phenoxy) is 1. The smallest absolute Gasteiger partial charge is 0.152 e.